The first-order chi connectivity index (χ1) is 15.8. The molecule has 0 heterocycles. The molecule has 4 fully saturated rings. The number of non-ortho nitro benzene ring substituents is 1. The third-order valence-corrected chi connectivity index (χ3v) is 7.85. The van der Waals surface area contributed by atoms with Crippen LogP contribution in [0.15, 0.2) is 48.5 Å². The molecule has 0 radical (unpaired) electrons. The van der Waals surface area contributed by atoms with Gasteiger partial charge in [0.1, 0.15) is 5.75 Å². The number of ether oxygens (including phenoxy) is 1. The van der Waals surface area contributed by atoms with Crippen molar-refractivity contribution in [3.8, 4) is 5.75 Å². The predicted octanol–water partition coefficient (Wildman–Crippen LogP) is 3.90. The fourth-order valence-corrected chi connectivity index (χ4v) is 6.89. The average molecular weight is 450 g/mol. The molecule has 2 aromatic carbocycles. The van der Waals surface area contributed by atoms with E-state index in [1.165, 1.54) is 29.8 Å². The van der Waals surface area contributed by atoms with Gasteiger partial charge in [-0.1, -0.05) is 18.2 Å². The summed E-state index contributed by atoms with van der Waals surface area (Å²) < 4.78 is 5.32. The molecular weight excluding hydrogens is 422 g/mol. The van der Waals surface area contributed by atoms with Crippen LogP contribution in [0, 0.1) is 27.4 Å². The molecule has 6 rings (SSSR count). The zero-order valence-electron chi connectivity index (χ0n) is 18.5. The molecule has 0 aliphatic heterocycles. The number of nitrogens with zero attached hydrogens (tertiary/aromatic N) is 1. The van der Waals surface area contributed by atoms with E-state index in [-0.39, 0.29) is 22.6 Å². The molecule has 4 aliphatic carbocycles. The zero-order valence-corrected chi connectivity index (χ0v) is 18.5. The maximum atomic E-state index is 13.4. The van der Waals surface area contributed by atoms with Gasteiger partial charge in [0, 0.05) is 17.7 Å². The van der Waals surface area contributed by atoms with Crippen molar-refractivity contribution in [3.05, 3.63) is 69.8 Å². The number of amides is 2. The van der Waals surface area contributed by atoms with E-state index in [1.807, 2.05) is 12.1 Å². The molecule has 4 aliphatic rings. The summed E-state index contributed by atoms with van der Waals surface area (Å²) >= 11 is 0. The summed E-state index contributed by atoms with van der Waals surface area (Å²) in [6.07, 6.45) is 5.76. The van der Waals surface area contributed by atoms with Crippen LogP contribution in [0.4, 0.5) is 5.69 Å². The minimum Gasteiger partial charge on any atom is -0.497 e. The standard InChI is InChI=1S/C25H27N3O5/c1-33-21-7-5-19(6-8-21)24-11-16-9-17(12-24)14-25(13-16,15-24)23(30)27-26-22(29)18-3-2-4-20(10-18)28(31)32/h2-8,10,16-17H,9,11-15H2,1H3,(H,26,29)(H,27,30). The van der Waals surface area contributed by atoms with Gasteiger partial charge in [0.2, 0.25) is 5.91 Å². The van der Waals surface area contributed by atoms with Crippen molar-refractivity contribution < 1.29 is 19.2 Å². The number of benzene rings is 2. The molecule has 2 unspecified atom stereocenters. The molecule has 0 aromatic heterocycles. The van der Waals surface area contributed by atoms with Gasteiger partial charge < -0.3 is 4.74 Å². The number of nitro groups is 1. The van der Waals surface area contributed by atoms with E-state index in [0.29, 0.717) is 11.8 Å². The molecule has 4 saturated carbocycles. The first kappa shape index (κ1) is 21.4. The highest BCUT2D eigenvalue weighted by atomic mass is 16.6. The lowest BCUT2D eigenvalue weighted by molar-refractivity contribution is -0.384. The molecule has 8 heteroatoms. The van der Waals surface area contributed by atoms with Gasteiger partial charge in [-0.15, -0.1) is 0 Å². The van der Waals surface area contributed by atoms with E-state index >= 15 is 0 Å². The van der Waals surface area contributed by atoms with Crippen molar-refractivity contribution in [2.45, 2.75) is 43.9 Å². The Morgan fingerprint density at radius 2 is 1.73 bits per heavy atom. The third kappa shape index (κ3) is 3.73. The lowest BCUT2D eigenvalue weighted by atomic mass is 9.42. The number of hydrogen-bond acceptors (Lipinski definition) is 5. The second-order valence-electron chi connectivity index (χ2n) is 9.97. The maximum Gasteiger partial charge on any atom is 0.270 e. The smallest absolute Gasteiger partial charge is 0.270 e. The normalized spacial score (nSPS) is 29.4. The third-order valence-electron chi connectivity index (χ3n) is 7.85. The van der Waals surface area contributed by atoms with E-state index in [9.17, 15) is 19.7 Å². The SMILES string of the molecule is COc1ccc(C23CC4CC(CC(C(=O)NNC(=O)c5cccc([N+](=O)[O-])c5)(C4)C2)C3)cc1. The van der Waals surface area contributed by atoms with Crippen LogP contribution >= 0.6 is 0 Å². The molecule has 4 bridgehead atoms. The molecule has 172 valence electrons. The predicted molar refractivity (Wildman–Crippen MR) is 120 cm³/mol. The van der Waals surface area contributed by atoms with E-state index in [2.05, 4.69) is 23.0 Å². The Morgan fingerprint density at radius 3 is 2.36 bits per heavy atom. The van der Waals surface area contributed by atoms with Crippen molar-refractivity contribution in [2.75, 3.05) is 7.11 Å². The molecule has 8 nitrogen and oxygen atoms in total. The van der Waals surface area contributed by atoms with Gasteiger partial charge in [-0.05, 0) is 79.5 Å². The van der Waals surface area contributed by atoms with Crippen LogP contribution in [0.2, 0.25) is 0 Å². The van der Waals surface area contributed by atoms with Crippen LogP contribution in [-0.4, -0.2) is 23.8 Å². The van der Waals surface area contributed by atoms with Gasteiger partial charge >= 0.3 is 0 Å². The van der Waals surface area contributed by atoms with Gasteiger partial charge in [-0.2, -0.15) is 0 Å². The molecular formula is C25H27N3O5. The lowest BCUT2D eigenvalue weighted by Gasteiger charge is -2.61. The Hall–Kier alpha value is -3.42. The van der Waals surface area contributed by atoms with Crippen LogP contribution in [0.5, 0.6) is 5.75 Å². The molecule has 2 amide bonds. The topological polar surface area (TPSA) is 111 Å². The summed E-state index contributed by atoms with van der Waals surface area (Å²) in [7, 11) is 1.65. The number of carbonyl (C=O) groups is 2. The highest BCUT2D eigenvalue weighted by molar-refractivity contribution is 5.96. The average Bonchev–Trinajstić information content (AvgIpc) is 2.81. The lowest BCUT2D eigenvalue weighted by Crippen LogP contribution is -2.60. The fourth-order valence-electron chi connectivity index (χ4n) is 6.89. The number of nitro benzene ring substituents is 1. The number of nitrogens with one attached hydrogen (secondary N) is 2. The molecule has 0 spiro atoms. The Bertz CT molecular complexity index is 1100. The maximum absolute atomic E-state index is 13.4. The minimum atomic E-state index is -0.568. The quantitative estimate of drug-likeness (QED) is 0.531. The van der Waals surface area contributed by atoms with Crippen LogP contribution < -0.4 is 15.6 Å². The van der Waals surface area contributed by atoms with Gasteiger partial charge in [-0.25, -0.2) is 0 Å². The Morgan fingerprint density at radius 1 is 1.03 bits per heavy atom. The number of methoxy groups -OCH3 is 1. The monoisotopic (exact) mass is 449 g/mol. The second-order valence-corrected chi connectivity index (χ2v) is 9.97. The van der Waals surface area contributed by atoms with Crippen LogP contribution in [0.1, 0.15) is 54.4 Å². The Balaban J connectivity index is 1.33. The minimum absolute atomic E-state index is 0.0300. The largest absolute Gasteiger partial charge is 0.497 e. The molecule has 2 N–H and O–H groups in total. The summed E-state index contributed by atoms with van der Waals surface area (Å²) in [5.41, 5.74) is 5.80. The summed E-state index contributed by atoms with van der Waals surface area (Å²) in [5.74, 6) is 1.08. The van der Waals surface area contributed by atoms with E-state index in [1.54, 1.807) is 7.11 Å². The zero-order chi connectivity index (χ0) is 23.2. The number of rotatable bonds is 5. The fraction of sp³-hybridized carbons (Fsp3) is 0.440. The second kappa shape index (κ2) is 7.86. The van der Waals surface area contributed by atoms with Crippen molar-refractivity contribution >= 4 is 17.5 Å². The molecule has 33 heavy (non-hydrogen) atoms. The van der Waals surface area contributed by atoms with Crippen molar-refractivity contribution in [3.63, 3.8) is 0 Å². The molecule has 2 atom stereocenters. The summed E-state index contributed by atoms with van der Waals surface area (Å²) in [4.78, 5) is 36.4. The van der Waals surface area contributed by atoms with Gasteiger partial charge in [0.15, 0.2) is 0 Å². The number of carbonyl (C=O) groups excluding carboxylic acids is 2. The Kier molecular flexibility index (Phi) is 5.11. The van der Waals surface area contributed by atoms with Crippen LogP contribution in [0.25, 0.3) is 0 Å². The van der Waals surface area contributed by atoms with Crippen molar-refractivity contribution in [2.24, 2.45) is 17.3 Å². The number of hydrogen-bond donors (Lipinski definition) is 2. The highest BCUT2D eigenvalue weighted by Crippen LogP contribution is 2.65. The van der Waals surface area contributed by atoms with Gasteiger partial charge in [0.05, 0.1) is 17.4 Å². The van der Waals surface area contributed by atoms with Crippen LogP contribution in [0.3, 0.4) is 0 Å². The summed E-state index contributed by atoms with van der Waals surface area (Å²) in [5, 5.41) is 11.0. The molecule has 0 saturated heterocycles. The van der Waals surface area contributed by atoms with E-state index in [0.717, 1.165) is 44.3 Å². The van der Waals surface area contributed by atoms with E-state index < -0.39 is 16.2 Å². The Labute approximate surface area is 191 Å². The van der Waals surface area contributed by atoms with Crippen molar-refractivity contribution in [1.82, 2.24) is 10.9 Å². The van der Waals surface area contributed by atoms with Crippen molar-refractivity contribution in [1.29, 1.82) is 0 Å². The first-order valence-electron chi connectivity index (χ1n) is 11.3. The number of hydrazine groups is 1. The van der Waals surface area contributed by atoms with Crippen LogP contribution in [-0.2, 0) is 10.2 Å². The summed E-state index contributed by atoms with van der Waals surface area (Å²) in [6.45, 7) is 0. The summed E-state index contributed by atoms with van der Waals surface area (Å²) in [6, 6.07) is 13.7. The highest BCUT2D eigenvalue weighted by Gasteiger charge is 2.61. The van der Waals surface area contributed by atoms with Gasteiger partial charge in [0.25, 0.3) is 11.6 Å². The van der Waals surface area contributed by atoms with E-state index in [4.69, 9.17) is 4.74 Å². The first-order valence-corrected chi connectivity index (χ1v) is 11.3. The van der Waals surface area contributed by atoms with Gasteiger partial charge in [-0.3, -0.25) is 30.6 Å². The molecule has 2 aromatic rings.